The van der Waals surface area contributed by atoms with Crippen molar-refractivity contribution in [3.8, 4) is 6.07 Å². The number of nitrogens with zero attached hydrogens (tertiary/aromatic N) is 1. The van der Waals surface area contributed by atoms with E-state index in [-0.39, 0.29) is 11.1 Å². The molecule has 1 rings (SSSR count). The largest absolute Gasteiger partial charge is 0.478 e. The summed E-state index contributed by atoms with van der Waals surface area (Å²) in [5.74, 6) is -1.07. The first-order valence-electron chi connectivity index (χ1n) is 4.10. The SMILES string of the molecule is CCc1ccc(S)c(C#N)c1C(=O)O. The first kappa shape index (κ1) is 10.6. The smallest absolute Gasteiger partial charge is 0.337 e. The molecule has 0 heterocycles. The molecule has 0 aliphatic heterocycles. The molecule has 0 atom stereocenters. The lowest BCUT2D eigenvalue weighted by molar-refractivity contribution is 0.0695. The predicted molar refractivity (Wildman–Crippen MR) is 54.7 cm³/mol. The Kier molecular flexibility index (Phi) is 3.15. The van der Waals surface area contributed by atoms with Gasteiger partial charge in [-0.05, 0) is 18.1 Å². The van der Waals surface area contributed by atoms with Crippen molar-refractivity contribution in [3.05, 3.63) is 28.8 Å². The molecule has 72 valence electrons. The Labute approximate surface area is 87.4 Å². The summed E-state index contributed by atoms with van der Waals surface area (Å²) >= 11 is 4.04. The van der Waals surface area contributed by atoms with E-state index in [9.17, 15) is 4.79 Å². The zero-order chi connectivity index (χ0) is 10.7. The van der Waals surface area contributed by atoms with Crippen molar-refractivity contribution in [2.75, 3.05) is 0 Å². The lowest BCUT2D eigenvalue weighted by Crippen LogP contribution is -2.05. The molecular weight excluding hydrogens is 198 g/mol. The Balaban J connectivity index is 3.54. The van der Waals surface area contributed by atoms with Crippen molar-refractivity contribution < 1.29 is 9.90 Å². The highest BCUT2D eigenvalue weighted by molar-refractivity contribution is 7.80. The average molecular weight is 207 g/mol. The van der Waals surface area contributed by atoms with Crippen LogP contribution in [-0.4, -0.2) is 11.1 Å². The van der Waals surface area contributed by atoms with Gasteiger partial charge in [0.05, 0.1) is 11.1 Å². The molecule has 0 fully saturated rings. The Hall–Kier alpha value is -1.47. The van der Waals surface area contributed by atoms with Crippen LogP contribution in [0.1, 0.15) is 28.4 Å². The zero-order valence-corrected chi connectivity index (χ0v) is 8.51. The molecule has 0 aromatic heterocycles. The number of aromatic carboxylic acids is 1. The van der Waals surface area contributed by atoms with E-state index in [4.69, 9.17) is 10.4 Å². The number of hydrogen-bond donors (Lipinski definition) is 2. The molecule has 1 N–H and O–H groups in total. The highest BCUT2D eigenvalue weighted by Gasteiger charge is 2.16. The van der Waals surface area contributed by atoms with Gasteiger partial charge in [0.25, 0.3) is 0 Å². The van der Waals surface area contributed by atoms with E-state index in [1.807, 2.05) is 13.0 Å². The number of thiol groups is 1. The van der Waals surface area contributed by atoms with Gasteiger partial charge in [-0.25, -0.2) is 4.79 Å². The van der Waals surface area contributed by atoms with Crippen LogP contribution in [0.15, 0.2) is 17.0 Å². The minimum Gasteiger partial charge on any atom is -0.478 e. The first-order valence-corrected chi connectivity index (χ1v) is 4.54. The summed E-state index contributed by atoms with van der Waals surface area (Å²) in [5, 5.41) is 17.8. The number of carbonyl (C=O) groups is 1. The summed E-state index contributed by atoms with van der Waals surface area (Å²) in [6.45, 7) is 1.85. The van der Waals surface area contributed by atoms with Crippen molar-refractivity contribution in [1.29, 1.82) is 5.26 Å². The minimum atomic E-state index is -1.07. The van der Waals surface area contributed by atoms with Crippen LogP contribution in [0.5, 0.6) is 0 Å². The van der Waals surface area contributed by atoms with Crippen molar-refractivity contribution in [3.63, 3.8) is 0 Å². The highest BCUT2D eigenvalue weighted by Crippen LogP contribution is 2.22. The zero-order valence-electron chi connectivity index (χ0n) is 7.61. The molecule has 14 heavy (non-hydrogen) atoms. The third-order valence-corrected chi connectivity index (χ3v) is 2.35. The first-order chi connectivity index (χ1) is 6.61. The summed E-state index contributed by atoms with van der Waals surface area (Å²) in [7, 11) is 0. The van der Waals surface area contributed by atoms with Gasteiger partial charge in [-0.2, -0.15) is 5.26 Å². The van der Waals surface area contributed by atoms with Gasteiger partial charge in [-0.1, -0.05) is 13.0 Å². The van der Waals surface area contributed by atoms with Crippen LogP contribution in [0, 0.1) is 11.3 Å². The number of benzene rings is 1. The highest BCUT2D eigenvalue weighted by atomic mass is 32.1. The van der Waals surface area contributed by atoms with Crippen LogP contribution in [-0.2, 0) is 6.42 Å². The summed E-state index contributed by atoms with van der Waals surface area (Å²) in [6, 6.07) is 5.20. The van der Waals surface area contributed by atoms with Gasteiger partial charge in [0.15, 0.2) is 0 Å². The van der Waals surface area contributed by atoms with E-state index in [2.05, 4.69) is 12.6 Å². The molecular formula is C10H9NO2S. The fraction of sp³-hybridized carbons (Fsp3) is 0.200. The molecule has 0 aliphatic carbocycles. The van der Waals surface area contributed by atoms with E-state index in [0.29, 0.717) is 16.9 Å². The Bertz CT molecular complexity index is 421. The summed E-state index contributed by atoms with van der Waals surface area (Å²) < 4.78 is 0. The monoisotopic (exact) mass is 207 g/mol. The molecule has 1 aromatic carbocycles. The van der Waals surface area contributed by atoms with Gasteiger partial charge in [0, 0.05) is 4.90 Å². The van der Waals surface area contributed by atoms with Gasteiger partial charge in [0.2, 0.25) is 0 Å². The van der Waals surface area contributed by atoms with E-state index in [1.54, 1.807) is 12.1 Å². The van der Waals surface area contributed by atoms with Gasteiger partial charge in [-0.3, -0.25) is 0 Å². The molecule has 1 aromatic rings. The molecule has 0 amide bonds. The van der Waals surface area contributed by atoms with E-state index >= 15 is 0 Å². The van der Waals surface area contributed by atoms with Gasteiger partial charge in [-0.15, -0.1) is 12.6 Å². The maximum absolute atomic E-state index is 10.9. The van der Waals surface area contributed by atoms with Crippen LogP contribution in [0.25, 0.3) is 0 Å². The van der Waals surface area contributed by atoms with Crippen molar-refractivity contribution in [2.24, 2.45) is 0 Å². The van der Waals surface area contributed by atoms with Crippen LogP contribution < -0.4 is 0 Å². The summed E-state index contributed by atoms with van der Waals surface area (Å²) in [6.07, 6.45) is 0.588. The summed E-state index contributed by atoms with van der Waals surface area (Å²) in [4.78, 5) is 11.3. The maximum atomic E-state index is 10.9. The molecule has 4 heteroatoms. The topological polar surface area (TPSA) is 61.1 Å². The fourth-order valence-electron chi connectivity index (χ4n) is 1.29. The van der Waals surface area contributed by atoms with Crippen LogP contribution in [0.2, 0.25) is 0 Å². The molecule has 0 radical (unpaired) electrons. The third kappa shape index (κ3) is 1.73. The number of hydrogen-bond acceptors (Lipinski definition) is 3. The maximum Gasteiger partial charge on any atom is 0.337 e. The number of carboxylic acids is 1. The summed E-state index contributed by atoms with van der Waals surface area (Å²) in [5.41, 5.74) is 0.870. The quantitative estimate of drug-likeness (QED) is 0.730. The van der Waals surface area contributed by atoms with Crippen molar-refractivity contribution in [2.45, 2.75) is 18.2 Å². The van der Waals surface area contributed by atoms with Gasteiger partial charge in [0.1, 0.15) is 6.07 Å². The van der Waals surface area contributed by atoms with Crippen molar-refractivity contribution >= 4 is 18.6 Å². The van der Waals surface area contributed by atoms with Crippen LogP contribution in [0.3, 0.4) is 0 Å². The number of rotatable bonds is 2. The second-order valence-corrected chi connectivity index (χ2v) is 3.25. The van der Waals surface area contributed by atoms with E-state index in [1.165, 1.54) is 0 Å². The van der Waals surface area contributed by atoms with Gasteiger partial charge >= 0.3 is 5.97 Å². The Morgan fingerprint density at radius 3 is 2.71 bits per heavy atom. The molecule has 3 nitrogen and oxygen atoms in total. The third-order valence-electron chi connectivity index (χ3n) is 1.98. The fourth-order valence-corrected chi connectivity index (χ4v) is 1.52. The molecule has 0 aliphatic rings. The van der Waals surface area contributed by atoms with Crippen LogP contribution >= 0.6 is 12.6 Å². The molecule has 0 bridgehead atoms. The standard InChI is InChI=1S/C10H9NO2S/c1-2-6-3-4-8(14)7(5-11)9(6)10(12)13/h3-4,14H,2H2,1H3,(H,12,13). The second-order valence-electron chi connectivity index (χ2n) is 2.76. The number of aryl methyl sites for hydroxylation is 1. The predicted octanol–water partition coefficient (Wildman–Crippen LogP) is 2.11. The average Bonchev–Trinajstić information content (AvgIpc) is 2.17. The van der Waals surface area contributed by atoms with E-state index in [0.717, 1.165) is 0 Å². The number of carboxylic acid groups (broad SMARTS) is 1. The minimum absolute atomic E-state index is 0.0718. The molecule has 0 saturated heterocycles. The Morgan fingerprint density at radius 2 is 2.29 bits per heavy atom. The van der Waals surface area contributed by atoms with Gasteiger partial charge < -0.3 is 5.11 Å². The Morgan fingerprint density at radius 1 is 1.64 bits per heavy atom. The number of nitriles is 1. The second kappa shape index (κ2) is 4.16. The molecule has 0 saturated carbocycles. The molecule has 0 unspecified atom stereocenters. The normalized spacial score (nSPS) is 9.50. The lowest BCUT2D eigenvalue weighted by Gasteiger charge is -2.06. The van der Waals surface area contributed by atoms with E-state index < -0.39 is 5.97 Å². The van der Waals surface area contributed by atoms with Crippen LogP contribution in [0.4, 0.5) is 0 Å². The lowest BCUT2D eigenvalue weighted by atomic mass is 10.00. The van der Waals surface area contributed by atoms with Crippen molar-refractivity contribution in [1.82, 2.24) is 0 Å². The molecule has 0 spiro atoms.